The summed E-state index contributed by atoms with van der Waals surface area (Å²) in [6.45, 7) is 2.69. The Labute approximate surface area is 129 Å². The molecule has 0 N–H and O–H groups in total. The molecule has 0 saturated carbocycles. The lowest BCUT2D eigenvalue weighted by molar-refractivity contribution is 0.302. The average molecular weight is 291 g/mol. The molecule has 0 unspecified atom stereocenters. The molecule has 2 heterocycles. The summed E-state index contributed by atoms with van der Waals surface area (Å²) in [4.78, 5) is 0. The second kappa shape index (κ2) is 5.34. The quantitative estimate of drug-likeness (QED) is 0.691. The Bertz CT molecular complexity index is 803. The minimum absolute atomic E-state index is 0.502. The summed E-state index contributed by atoms with van der Waals surface area (Å²) < 4.78 is 11.5. The van der Waals surface area contributed by atoms with Gasteiger partial charge in [-0.15, -0.1) is 0 Å². The van der Waals surface area contributed by atoms with Crippen molar-refractivity contribution >= 4 is 0 Å². The molecule has 4 rings (SSSR count). The molecule has 0 fully saturated rings. The number of nitrogens with zero attached hydrogens (tertiary/aromatic N) is 1. The normalized spacial score (nSPS) is 12.4. The Kier molecular flexibility index (Phi) is 3.19. The number of benzene rings is 2. The number of fused-ring (bicyclic) bond motifs is 3. The predicted octanol–water partition coefficient (Wildman–Crippen LogP) is 4.85. The molecule has 22 heavy (non-hydrogen) atoms. The molecule has 1 aliphatic heterocycles. The number of aryl methyl sites for hydroxylation is 1. The monoisotopic (exact) mass is 291 g/mol. The lowest BCUT2D eigenvalue weighted by Crippen LogP contribution is -2.04. The van der Waals surface area contributed by atoms with E-state index in [4.69, 9.17) is 9.26 Å². The summed E-state index contributed by atoms with van der Waals surface area (Å²) in [7, 11) is 0. The second-order valence-electron chi connectivity index (χ2n) is 5.57. The highest BCUT2D eigenvalue weighted by molar-refractivity contribution is 5.77. The van der Waals surface area contributed by atoms with E-state index in [9.17, 15) is 0 Å². The standard InChI is InChI=1S/C19H17NO2/c1-2-5-13-8-10-14(11-9-13)19-16-12-21-17-7-4-3-6-15(17)18(16)20-22-19/h3-4,6-11H,2,5,12H2,1H3. The van der Waals surface area contributed by atoms with Gasteiger partial charge in [0.25, 0.3) is 0 Å². The molecule has 0 spiro atoms. The Morgan fingerprint density at radius 3 is 2.68 bits per heavy atom. The highest BCUT2D eigenvalue weighted by Gasteiger charge is 2.25. The molecule has 3 aromatic rings. The third-order valence-corrected chi connectivity index (χ3v) is 4.06. The Balaban J connectivity index is 1.75. The number of ether oxygens (including phenoxy) is 1. The van der Waals surface area contributed by atoms with E-state index < -0.39 is 0 Å². The summed E-state index contributed by atoms with van der Waals surface area (Å²) in [6.07, 6.45) is 2.26. The first-order valence-electron chi connectivity index (χ1n) is 7.67. The van der Waals surface area contributed by atoms with Gasteiger partial charge in [-0.1, -0.05) is 54.9 Å². The molecular weight excluding hydrogens is 274 g/mol. The maximum atomic E-state index is 5.83. The van der Waals surface area contributed by atoms with Crippen LogP contribution in [0.1, 0.15) is 24.5 Å². The smallest absolute Gasteiger partial charge is 0.174 e. The summed E-state index contributed by atoms with van der Waals surface area (Å²) >= 11 is 0. The largest absolute Gasteiger partial charge is 0.488 e. The number of aromatic nitrogens is 1. The van der Waals surface area contributed by atoms with Gasteiger partial charge in [-0.3, -0.25) is 0 Å². The van der Waals surface area contributed by atoms with Gasteiger partial charge in [-0.2, -0.15) is 0 Å². The fourth-order valence-electron chi connectivity index (χ4n) is 2.93. The van der Waals surface area contributed by atoms with E-state index >= 15 is 0 Å². The van der Waals surface area contributed by atoms with Gasteiger partial charge in [0.15, 0.2) is 5.76 Å². The van der Waals surface area contributed by atoms with E-state index in [1.807, 2.05) is 24.3 Å². The zero-order valence-corrected chi connectivity index (χ0v) is 12.5. The summed E-state index contributed by atoms with van der Waals surface area (Å²) in [5.74, 6) is 1.68. The van der Waals surface area contributed by atoms with Crippen LogP contribution in [0.5, 0.6) is 5.75 Å². The minimum atomic E-state index is 0.502. The molecule has 3 nitrogen and oxygen atoms in total. The minimum Gasteiger partial charge on any atom is -0.488 e. The van der Waals surface area contributed by atoms with Crippen LogP contribution < -0.4 is 4.74 Å². The van der Waals surface area contributed by atoms with E-state index in [1.54, 1.807) is 0 Å². The highest BCUT2D eigenvalue weighted by Crippen LogP contribution is 2.40. The SMILES string of the molecule is CCCc1ccc(-c2onc3c2COc2ccccc2-3)cc1. The van der Waals surface area contributed by atoms with E-state index in [2.05, 4.69) is 36.3 Å². The van der Waals surface area contributed by atoms with Crippen LogP contribution in [-0.4, -0.2) is 5.16 Å². The summed E-state index contributed by atoms with van der Waals surface area (Å²) in [6, 6.07) is 16.5. The molecule has 3 heteroatoms. The zero-order valence-electron chi connectivity index (χ0n) is 12.5. The Morgan fingerprint density at radius 1 is 1.05 bits per heavy atom. The first-order chi connectivity index (χ1) is 10.9. The van der Waals surface area contributed by atoms with Crippen molar-refractivity contribution in [2.24, 2.45) is 0 Å². The molecule has 2 aromatic carbocycles. The van der Waals surface area contributed by atoms with Crippen molar-refractivity contribution in [3.05, 3.63) is 59.7 Å². The van der Waals surface area contributed by atoms with Gasteiger partial charge in [-0.05, 0) is 24.1 Å². The van der Waals surface area contributed by atoms with Crippen LogP contribution in [0, 0.1) is 0 Å². The van der Waals surface area contributed by atoms with Gasteiger partial charge in [0, 0.05) is 11.1 Å². The van der Waals surface area contributed by atoms with Crippen LogP contribution in [0.2, 0.25) is 0 Å². The van der Waals surface area contributed by atoms with Crippen LogP contribution in [0.4, 0.5) is 0 Å². The number of rotatable bonds is 3. The molecule has 0 bridgehead atoms. The molecule has 1 aliphatic rings. The Hall–Kier alpha value is -2.55. The van der Waals surface area contributed by atoms with Crippen molar-refractivity contribution in [1.29, 1.82) is 0 Å². The van der Waals surface area contributed by atoms with E-state index in [-0.39, 0.29) is 0 Å². The highest BCUT2D eigenvalue weighted by atomic mass is 16.5. The number of para-hydroxylation sites is 1. The molecular formula is C19H17NO2. The molecule has 110 valence electrons. The van der Waals surface area contributed by atoms with Gasteiger partial charge < -0.3 is 9.26 Å². The van der Waals surface area contributed by atoms with Crippen molar-refractivity contribution < 1.29 is 9.26 Å². The fraction of sp³-hybridized carbons (Fsp3) is 0.211. The lowest BCUT2D eigenvalue weighted by Gasteiger charge is -2.16. The summed E-state index contributed by atoms with van der Waals surface area (Å²) in [5.41, 5.74) is 5.33. The van der Waals surface area contributed by atoms with Crippen molar-refractivity contribution in [3.8, 4) is 28.3 Å². The van der Waals surface area contributed by atoms with Gasteiger partial charge >= 0.3 is 0 Å². The van der Waals surface area contributed by atoms with Gasteiger partial charge in [0.2, 0.25) is 0 Å². The van der Waals surface area contributed by atoms with Crippen molar-refractivity contribution in [3.63, 3.8) is 0 Å². The van der Waals surface area contributed by atoms with Crippen LogP contribution in [0.25, 0.3) is 22.6 Å². The number of hydrogen-bond acceptors (Lipinski definition) is 3. The molecule has 0 saturated heterocycles. The third-order valence-electron chi connectivity index (χ3n) is 4.06. The van der Waals surface area contributed by atoms with Crippen LogP contribution in [0.15, 0.2) is 53.1 Å². The second-order valence-corrected chi connectivity index (χ2v) is 5.57. The van der Waals surface area contributed by atoms with E-state index in [0.29, 0.717) is 6.61 Å². The Morgan fingerprint density at radius 2 is 1.86 bits per heavy atom. The fourth-order valence-corrected chi connectivity index (χ4v) is 2.93. The van der Waals surface area contributed by atoms with Gasteiger partial charge in [0.05, 0.1) is 5.56 Å². The summed E-state index contributed by atoms with van der Waals surface area (Å²) in [5, 5.41) is 4.28. The van der Waals surface area contributed by atoms with Crippen molar-refractivity contribution in [2.45, 2.75) is 26.4 Å². The molecule has 0 amide bonds. The topological polar surface area (TPSA) is 35.3 Å². The molecule has 1 aromatic heterocycles. The first kappa shape index (κ1) is 13.1. The molecule has 0 atom stereocenters. The molecule has 0 aliphatic carbocycles. The van der Waals surface area contributed by atoms with Crippen LogP contribution in [0.3, 0.4) is 0 Å². The number of hydrogen-bond donors (Lipinski definition) is 0. The van der Waals surface area contributed by atoms with Crippen LogP contribution >= 0.6 is 0 Å². The predicted molar refractivity (Wildman–Crippen MR) is 85.7 cm³/mol. The van der Waals surface area contributed by atoms with Gasteiger partial charge in [0.1, 0.15) is 18.1 Å². The van der Waals surface area contributed by atoms with E-state index in [0.717, 1.165) is 46.7 Å². The van der Waals surface area contributed by atoms with Crippen molar-refractivity contribution in [1.82, 2.24) is 5.16 Å². The third kappa shape index (κ3) is 2.10. The zero-order chi connectivity index (χ0) is 14.9. The first-order valence-corrected chi connectivity index (χ1v) is 7.67. The van der Waals surface area contributed by atoms with E-state index in [1.165, 1.54) is 5.56 Å². The lowest BCUT2D eigenvalue weighted by atomic mass is 9.99. The molecule has 0 radical (unpaired) electrons. The van der Waals surface area contributed by atoms with Gasteiger partial charge in [-0.25, -0.2) is 0 Å². The van der Waals surface area contributed by atoms with Crippen LogP contribution in [-0.2, 0) is 13.0 Å². The maximum absolute atomic E-state index is 5.83. The average Bonchev–Trinajstić information content (AvgIpc) is 3.00. The van der Waals surface area contributed by atoms with Crippen molar-refractivity contribution in [2.75, 3.05) is 0 Å². The maximum Gasteiger partial charge on any atom is 0.174 e.